The van der Waals surface area contributed by atoms with Gasteiger partial charge < -0.3 is 5.32 Å². The fraction of sp³-hybridized carbons (Fsp3) is 0.500. The highest BCUT2D eigenvalue weighted by Crippen LogP contribution is 2.17. The summed E-state index contributed by atoms with van der Waals surface area (Å²) in [7, 11) is -3.56. The maximum absolute atomic E-state index is 13.0. The van der Waals surface area contributed by atoms with Crippen molar-refractivity contribution in [1.29, 1.82) is 0 Å². The van der Waals surface area contributed by atoms with Gasteiger partial charge >= 0.3 is 0 Å². The monoisotopic (exact) mass is 308 g/mol. The third kappa shape index (κ3) is 4.14. The van der Waals surface area contributed by atoms with Crippen molar-refractivity contribution >= 4 is 22.4 Å². The summed E-state index contributed by atoms with van der Waals surface area (Å²) < 4.78 is 40.0. The largest absolute Gasteiger partial charge is 0.315 e. The molecule has 2 rings (SSSR count). The Labute approximate surface area is 119 Å². The molecule has 19 heavy (non-hydrogen) atoms. The summed E-state index contributed by atoms with van der Waals surface area (Å²) in [6.07, 6.45) is 1.78. The normalized spacial score (nSPS) is 19.8. The van der Waals surface area contributed by atoms with E-state index in [2.05, 4.69) is 10.0 Å². The summed E-state index contributed by atoms with van der Waals surface area (Å²) in [6, 6.07) is 3.62. The minimum Gasteiger partial charge on any atom is -0.315 e. The van der Waals surface area contributed by atoms with Crippen LogP contribution in [0, 0.1) is 12.7 Å². The fourth-order valence-electron chi connectivity index (χ4n) is 2.15. The van der Waals surface area contributed by atoms with Gasteiger partial charge in [0.05, 0.1) is 4.90 Å². The molecule has 1 aliphatic rings. The Kier molecular flexibility index (Phi) is 5.73. The number of benzene rings is 1. The Morgan fingerprint density at radius 3 is 2.74 bits per heavy atom. The molecule has 1 atom stereocenters. The predicted octanol–water partition coefficient (Wildman–Crippen LogP) is 1.59. The smallest absolute Gasteiger partial charge is 0.241 e. The van der Waals surface area contributed by atoms with Crippen LogP contribution in [0.4, 0.5) is 4.39 Å². The number of halogens is 2. The van der Waals surface area contributed by atoms with E-state index in [0.717, 1.165) is 19.4 Å². The third-order valence-electron chi connectivity index (χ3n) is 3.05. The standard InChI is InChI=1S/C12H17FN2O2S.ClH/c1-9-7-10(13)4-5-12(9)18(16,17)15-11-3-2-6-14-8-11;/h4-5,7,11,14-15H,2-3,6,8H2,1H3;1H. The van der Waals surface area contributed by atoms with Gasteiger partial charge in [0.15, 0.2) is 0 Å². The van der Waals surface area contributed by atoms with Gasteiger partial charge in [-0.1, -0.05) is 0 Å². The molecule has 2 N–H and O–H groups in total. The van der Waals surface area contributed by atoms with E-state index in [1.165, 1.54) is 18.2 Å². The van der Waals surface area contributed by atoms with E-state index in [1.807, 2.05) is 0 Å². The summed E-state index contributed by atoms with van der Waals surface area (Å²) >= 11 is 0. The second-order valence-electron chi connectivity index (χ2n) is 4.57. The molecule has 0 saturated carbocycles. The van der Waals surface area contributed by atoms with Crippen molar-refractivity contribution < 1.29 is 12.8 Å². The number of rotatable bonds is 3. The summed E-state index contributed by atoms with van der Waals surface area (Å²) in [5.74, 6) is -0.425. The second kappa shape index (κ2) is 6.65. The molecule has 7 heteroatoms. The van der Waals surface area contributed by atoms with Crippen LogP contribution < -0.4 is 10.0 Å². The zero-order chi connectivity index (χ0) is 13.2. The van der Waals surface area contributed by atoms with Gasteiger partial charge in [0, 0.05) is 12.6 Å². The van der Waals surface area contributed by atoms with Gasteiger partial charge in [-0.2, -0.15) is 0 Å². The number of aryl methyl sites for hydroxylation is 1. The molecule has 0 bridgehead atoms. The van der Waals surface area contributed by atoms with Crippen molar-refractivity contribution in [3.63, 3.8) is 0 Å². The molecule has 4 nitrogen and oxygen atoms in total. The molecule has 0 aromatic heterocycles. The van der Waals surface area contributed by atoms with E-state index < -0.39 is 15.8 Å². The lowest BCUT2D eigenvalue weighted by molar-refractivity contribution is 0.428. The summed E-state index contributed by atoms with van der Waals surface area (Å²) in [4.78, 5) is 0.148. The maximum Gasteiger partial charge on any atom is 0.241 e. The molecule has 1 fully saturated rings. The number of piperidine rings is 1. The van der Waals surface area contributed by atoms with Gasteiger partial charge in [0.2, 0.25) is 10.0 Å². The molecule has 0 aliphatic carbocycles. The fourth-order valence-corrected chi connectivity index (χ4v) is 3.65. The summed E-state index contributed by atoms with van der Waals surface area (Å²) in [6.45, 7) is 3.16. The molecule has 1 aromatic carbocycles. The highest BCUT2D eigenvalue weighted by Gasteiger charge is 2.23. The Hall–Kier alpha value is -0.690. The minimum absolute atomic E-state index is 0. The molecule has 0 spiro atoms. The van der Waals surface area contributed by atoms with Crippen molar-refractivity contribution in [3.05, 3.63) is 29.6 Å². The molecular weight excluding hydrogens is 291 g/mol. The Balaban J connectivity index is 0.00000180. The van der Waals surface area contributed by atoms with Gasteiger partial charge in [0.1, 0.15) is 5.82 Å². The lowest BCUT2D eigenvalue weighted by Crippen LogP contribution is -2.45. The summed E-state index contributed by atoms with van der Waals surface area (Å²) in [5, 5.41) is 3.15. The van der Waals surface area contributed by atoms with Crippen LogP contribution in [0.1, 0.15) is 18.4 Å². The van der Waals surface area contributed by atoms with E-state index in [0.29, 0.717) is 12.1 Å². The first-order chi connectivity index (χ1) is 8.49. The second-order valence-corrected chi connectivity index (χ2v) is 6.26. The van der Waals surface area contributed by atoms with Gasteiger partial charge in [-0.25, -0.2) is 17.5 Å². The van der Waals surface area contributed by atoms with E-state index in [-0.39, 0.29) is 23.3 Å². The van der Waals surface area contributed by atoms with Crippen molar-refractivity contribution in [2.45, 2.75) is 30.7 Å². The van der Waals surface area contributed by atoms with Crippen LogP contribution in [-0.4, -0.2) is 27.5 Å². The van der Waals surface area contributed by atoms with Gasteiger partial charge in [-0.05, 0) is 50.1 Å². The SMILES string of the molecule is Cc1cc(F)ccc1S(=O)(=O)NC1CCCNC1.Cl. The quantitative estimate of drug-likeness (QED) is 0.891. The van der Waals surface area contributed by atoms with Gasteiger partial charge in [-0.3, -0.25) is 0 Å². The van der Waals surface area contributed by atoms with E-state index in [9.17, 15) is 12.8 Å². The molecule has 1 heterocycles. The van der Waals surface area contributed by atoms with Crippen molar-refractivity contribution in [3.8, 4) is 0 Å². The van der Waals surface area contributed by atoms with Crippen LogP contribution in [0.25, 0.3) is 0 Å². The molecular formula is C12H18ClFN2O2S. The van der Waals surface area contributed by atoms with E-state index >= 15 is 0 Å². The highest BCUT2D eigenvalue weighted by molar-refractivity contribution is 7.89. The van der Waals surface area contributed by atoms with Crippen molar-refractivity contribution in [2.24, 2.45) is 0 Å². The van der Waals surface area contributed by atoms with Crippen molar-refractivity contribution in [1.82, 2.24) is 10.0 Å². The first-order valence-electron chi connectivity index (χ1n) is 5.98. The zero-order valence-corrected chi connectivity index (χ0v) is 12.3. The Bertz CT molecular complexity index is 531. The Morgan fingerprint density at radius 1 is 1.42 bits per heavy atom. The minimum atomic E-state index is -3.56. The van der Waals surface area contributed by atoms with Crippen LogP contribution >= 0.6 is 12.4 Å². The van der Waals surface area contributed by atoms with E-state index in [4.69, 9.17) is 0 Å². The first-order valence-corrected chi connectivity index (χ1v) is 7.46. The molecule has 0 amide bonds. The van der Waals surface area contributed by atoms with Crippen LogP contribution in [0.15, 0.2) is 23.1 Å². The third-order valence-corrected chi connectivity index (χ3v) is 4.73. The topological polar surface area (TPSA) is 58.2 Å². The molecule has 1 aromatic rings. The number of nitrogens with one attached hydrogen (secondary N) is 2. The number of sulfonamides is 1. The summed E-state index contributed by atoms with van der Waals surface area (Å²) in [5.41, 5.74) is 0.422. The molecule has 108 valence electrons. The first kappa shape index (κ1) is 16.4. The maximum atomic E-state index is 13.0. The Morgan fingerprint density at radius 2 is 2.16 bits per heavy atom. The van der Waals surface area contributed by atoms with Gasteiger partial charge in [0.25, 0.3) is 0 Å². The highest BCUT2D eigenvalue weighted by atomic mass is 35.5. The van der Waals surface area contributed by atoms with Crippen molar-refractivity contribution in [2.75, 3.05) is 13.1 Å². The van der Waals surface area contributed by atoms with Gasteiger partial charge in [-0.15, -0.1) is 12.4 Å². The molecule has 0 radical (unpaired) electrons. The van der Waals surface area contributed by atoms with Crippen LogP contribution in [0.3, 0.4) is 0 Å². The van der Waals surface area contributed by atoms with Crippen LogP contribution in [0.5, 0.6) is 0 Å². The lowest BCUT2D eigenvalue weighted by Gasteiger charge is -2.24. The average molecular weight is 309 g/mol. The average Bonchev–Trinajstić information content (AvgIpc) is 2.29. The van der Waals surface area contributed by atoms with Crippen LogP contribution in [0.2, 0.25) is 0 Å². The van der Waals surface area contributed by atoms with Crippen LogP contribution in [-0.2, 0) is 10.0 Å². The molecule has 1 aliphatic heterocycles. The zero-order valence-electron chi connectivity index (χ0n) is 10.6. The molecule has 1 unspecified atom stereocenters. The lowest BCUT2D eigenvalue weighted by atomic mass is 10.1. The number of hydrogen-bond donors (Lipinski definition) is 2. The van der Waals surface area contributed by atoms with E-state index in [1.54, 1.807) is 6.92 Å². The number of hydrogen-bond acceptors (Lipinski definition) is 3. The molecule has 1 saturated heterocycles. The predicted molar refractivity (Wildman–Crippen MR) is 74.6 cm³/mol.